The Bertz CT molecular complexity index is 995. The third-order valence-corrected chi connectivity index (χ3v) is 4.14. The summed E-state index contributed by atoms with van der Waals surface area (Å²) < 4.78 is 1.63. The normalized spacial score (nSPS) is 13.2. The van der Waals surface area contributed by atoms with Gasteiger partial charge in [0.25, 0.3) is 5.91 Å². The zero-order chi connectivity index (χ0) is 18.1. The minimum atomic E-state index is -0.461. The van der Waals surface area contributed by atoms with Gasteiger partial charge in [-0.3, -0.25) is 14.9 Å². The summed E-state index contributed by atoms with van der Waals surface area (Å²) in [6.45, 7) is 0.389. The first kappa shape index (κ1) is 15.9. The van der Waals surface area contributed by atoms with Gasteiger partial charge in [-0.25, -0.2) is 4.68 Å². The first-order valence-electron chi connectivity index (χ1n) is 8.15. The molecule has 0 radical (unpaired) electrons. The first-order chi connectivity index (χ1) is 12.6. The predicted molar refractivity (Wildman–Crippen MR) is 95.2 cm³/mol. The van der Waals surface area contributed by atoms with E-state index in [0.717, 1.165) is 11.3 Å². The number of imide groups is 1. The largest absolute Gasteiger partial charge is 0.508 e. The van der Waals surface area contributed by atoms with Gasteiger partial charge in [-0.15, -0.1) is 0 Å². The molecule has 0 fully saturated rings. The van der Waals surface area contributed by atoms with Crippen LogP contribution in [0.3, 0.4) is 0 Å². The van der Waals surface area contributed by atoms with Crippen LogP contribution in [-0.4, -0.2) is 26.7 Å². The Kier molecular flexibility index (Phi) is 3.89. The van der Waals surface area contributed by atoms with Crippen molar-refractivity contribution in [3.63, 3.8) is 0 Å². The summed E-state index contributed by atoms with van der Waals surface area (Å²) in [4.78, 5) is 24.0. The highest BCUT2D eigenvalue weighted by Crippen LogP contribution is 2.27. The van der Waals surface area contributed by atoms with E-state index in [4.69, 9.17) is 0 Å². The maximum Gasteiger partial charge on any atom is 0.263 e. The Morgan fingerprint density at radius 2 is 1.92 bits per heavy atom. The number of phenolic OH excluding ortho intramolecular Hbond substituents is 1. The molecule has 1 aliphatic heterocycles. The molecule has 0 spiro atoms. The predicted octanol–water partition coefficient (Wildman–Crippen LogP) is 2.00. The summed E-state index contributed by atoms with van der Waals surface area (Å²) in [6.07, 6.45) is 0.0573. The van der Waals surface area contributed by atoms with Crippen molar-refractivity contribution >= 4 is 17.6 Å². The van der Waals surface area contributed by atoms with E-state index in [2.05, 4.69) is 15.7 Å². The lowest BCUT2D eigenvalue weighted by molar-refractivity contribution is -0.119. The van der Waals surface area contributed by atoms with Crippen LogP contribution >= 0.6 is 0 Å². The van der Waals surface area contributed by atoms with E-state index >= 15 is 0 Å². The Morgan fingerprint density at radius 3 is 2.69 bits per heavy atom. The van der Waals surface area contributed by atoms with Crippen LogP contribution in [0.1, 0.15) is 21.6 Å². The number of nitrogens with zero attached hydrogens (tertiary/aromatic N) is 2. The Morgan fingerprint density at radius 1 is 1.12 bits per heavy atom. The molecule has 4 rings (SSSR count). The smallest absolute Gasteiger partial charge is 0.263 e. The van der Waals surface area contributed by atoms with Crippen molar-refractivity contribution in [2.24, 2.45) is 0 Å². The number of amides is 2. The first-order valence-corrected chi connectivity index (χ1v) is 8.15. The van der Waals surface area contributed by atoms with Gasteiger partial charge in [0.05, 0.1) is 17.8 Å². The lowest BCUT2D eigenvalue weighted by Crippen LogP contribution is -2.37. The average Bonchev–Trinajstić information content (AvgIpc) is 2.99. The van der Waals surface area contributed by atoms with Crippen molar-refractivity contribution < 1.29 is 14.7 Å². The van der Waals surface area contributed by atoms with Gasteiger partial charge >= 0.3 is 0 Å². The van der Waals surface area contributed by atoms with E-state index in [0.29, 0.717) is 23.6 Å². The molecule has 3 aromatic rings. The second-order valence-electron chi connectivity index (χ2n) is 6.00. The van der Waals surface area contributed by atoms with Crippen LogP contribution in [0.15, 0.2) is 54.6 Å². The van der Waals surface area contributed by atoms with Crippen molar-refractivity contribution in [1.29, 1.82) is 0 Å². The van der Waals surface area contributed by atoms with Crippen LogP contribution in [0.5, 0.6) is 5.75 Å². The molecule has 7 heteroatoms. The van der Waals surface area contributed by atoms with Crippen LogP contribution in [0, 0.1) is 0 Å². The second kappa shape index (κ2) is 6.36. The fraction of sp³-hybridized carbons (Fsp3) is 0.105. The van der Waals surface area contributed by atoms with Crippen molar-refractivity contribution in [3.8, 4) is 11.4 Å². The number of anilines is 1. The number of carbonyl (C=O) groups excluding carboxylic acids is 2. The number of para-hydroxylation sites is 1. The number of carbonyl (C=O) groups is 2. The van der Waals surface area contributed by atoms with Crippen LogP contribution in [0.2, 0.25) is 0 Å². The molecule has 26 heavy (non-hydrogen) atoms. The molecular weight excluding hydrogens is 332 g/mol. The summed E-state index contributed by atoms with van der Waals surface area (Å²) in [5, 5.41) is 19.7. The number of aromatic nitrogens is 2. The number of benzene rings is 2. The molecule has 1 aliphatic rings. The quantitative estimate of drug-likeness (QED) is 0.627. The van der Waals surface area contributed by atoms with Gasteiger partial charge in [-0.05, 0) is 29.8 Å². The molecule has 2 amide bonds. The van der Waals surface area contributed by atoms with Gasteiger partial charge in [-0.1, -0.05) is 30.3 Å². The molecule has 0 unspecified atom stereocenters. The molecule has 0 atom stereocenters. The zero-order valence-corrected chi connectivity index (χ0v) is 13.8. The van der Waals surface area contributed by atoms with Crippen LogP contribution in [0.4, 0.5) is 5.82 Å². The van der Waals surface area contributed by atoms with E-state index < -0.39 is 5.91 Å². The molecule has 2 heterocycles. The summed E-state index contributed by atoms with van der Waals surface area (Å²) in [5.74, 6) is -0.137. The number of hydrogen-bond acceptors (Lipinski definition) is 5. The van der Waals surface area contributed by atoms with Crippen molar-refractivity contribution in [2.45, 2.75) is 13.0 Å². The maximum absolute atomic E-state index is 12.4. The Balaban J connectivity index is 1.76. The summed E-state index contributed by atoms with van der Waals surface area (Å²) in [7, 11) is 0. The third kappa shape index (κ3) is 2.90. The lowest BCUT2D eigenvalue weighted by Gasteiger charge is -2.14. The number of hydrogen-bond donors (Lipinski definition) is 3. The van der Waals surface area contributed by atoms with Crippen LogP contribution < -0.4 is 10.6 Å². The van der Waals surface area contributed by atoms with Gasteiger partial charge in [-0.2, -0.15) is 5.10 Å². The van der Waals surface area contributed by atoms with Gasteiger partial charge in [0.15, 0.2) is 0 Å². The molecule has 2 aromatic carbocycles. The topological polar surface area (TPSA) is 96.2 Å². The molecule has 7 nitrogen and oxygen atoms in total. The Hall–Kier alpha value is -3.61. The molecule has 0 aliphatic carbocycles. The van der Waals surface area contributed by atoms with Gasteiger partial charge in [0.2, 0.25) is 5.91 Å². The maximum atomic E-state index is 12.4. The zero-order valence-electron chi connectivity index (χ0n) is 13.8. The SMILES string of the molecule is O=C1Cc2nn(-c3ccccc3)c(NCc3cccc(O)c3)c2C(=O)N1. The monoisotopic (exact) mass is 348 g/mol. The summed E-state index contributed by atoms with van der Waals surface area (Å²) in [5.41, 5.74) is 2.45. The number of rotatable bonds is 4. The van der Waals surface area contributed by atoms with Crippen LogP contribution in [-0.2, 0) is 17.8 Å². The lowest BCUT2D eigenvalue weighted by atomic mass is 10.1. The number of aromatic hydroxyl groups is 1. The highest BCUT2D eigenvalue weighted by Gasteiger charge is 2.31. The molecule has 0 saturated heterocycles. The van der Waals surface area contributed by atoms with E-state index in [1.807, 2.05) is 36.4 Å². The van der Waals surface area contributed by atoms with Gasteiger partial charge < -0.3 is 10.4 Å². The summed E-state index contributed by atoms with van der Waals surface area (Å²) in [6, 6.07) is 16.2. The molecule has 0 saturated carbocycles. The van der Waals surface area contributed by atoms with Crippen LogP contribution in [0.25, 0.3) is 5.69 Å². The van der Waals surface area contributed by atoms with E-state index in [1.54, 1.807) is 22.9 Å². The molecule has 1 aromatic heterocycles. The van der Waals surface area contributed by atoms with Crippen molar-refractivity contribution in [3.05, 3.63) is 71.4 Å². The van der Waals surface area contributed by atoms with E-state index in [9.17, 15) is 14.7 Å². The minimum Gasteiger partial charge on any atom is -0.508 e. The van der Waals surface area contributed by atoms with Gasteiger partial charge in [0, 0.05) is 6.54 Å². The Labute approximate surface area is 149 Å². The standard InChI is InChI=1S/C19H16N4O3/c24-14-8-4-5-12(9-14)11-20-18-17-15(10-16(25)21-19(17)26)22-23(18)13-6-2-1-3-7-13/h1-9,20,24H,10-11H2,(H,21,25,26). The fourth-order valence-corrected chi connectivity index (χ4v) is 2.98. The van der Waals surface area contributed by atoms with Crippen molar-refractivity contribution in [2.75, 3.05) is 5.32 Å². The van der Waals surface area contributed by atoms with E-state index in [-0.39, 0.29) is 18.1 Å². The van der Waals surface area contributed by atoms with E-state index in [1.165, 1.54) is 0 Å². The van der Waals surface area contributed by atoms with Gasteiger partial charge in [0.1, 0.15) is 17.1 Å². The number of phenols is 1. The molecule has 3 N–H and O–H groups in total. The highest BCUT2D eigenvalue weighted by atomic mass is 16.3. The van der Waals surface area contributed by atoms with Crippen molar-refractivity contribution in [1.82, 2.24) is 15.1 Å². The average molecular weight is 348 g/mol. The molecule has 130 valence electrons. The minimum absolute atomic E-state index is 0.0573. The fourth-order valence-electron chi connectivity index (χ4n) is 2.98. The number of nitrogens with one attached hydrogen (secondary N) is 2. The summed E-state index contributed by atoms with van der Waals surface area (Å²) >= 11 is 0. The number of fused-ring (bicyclic) bond motifs is 1. The highest BCUT2D eigenvalue weighted by molar-refractivity contribution is 6.12. The molecule has 0 bridgehead atoms. The third-order valence-electron chi connectivity index (χ3n) is 4.14. The second-order valence-corrected chi connectivity index (χ2v) is 6.00. The molecular formula is C19H16N4O3.